The van der Waals surface area contributed by atoms with Gasteiger partial charge in [-0.25, -0.2) is 0 Å². The van der Waals surface area contributed by atoms with Crippen molar-refractivity contribution >= 4 is 0 Å². The molecule has 1 saturated carbocycles. The van der Waals surface area contributed by atoms with Crippen LogP contribution in [0.25, 0.3) is 0 Å². The Morgan fingerprint density at radius 2 is 2.11 bits per heavy atom. The van der Waals surface area contributed by atoms with Crippen LogP contribution >= 0.6 is 0 Å². The summed E-state index contributed by atoms with van der Waals surface area (Å²) in [5.74, 6) is 0.682. The van der Waals surface area contributed by atoms with Crippen molar-refractivity contribution in [2.24, 2.45) is 5.92 Å². The average Bonchev–Trinajstić information content (AvgIpc) is 2.39. The number of phenols is 1. The summed E-state index contributed by atoms with van der Waals surface area (Å²) in [4.78, 5) is 0. The van der Waals surface area contributed by atoms with Crippen LogP contribution in [-0.4, -0.2) is 22.9 Å². The molecule has 0 heterocycles. The van der Waals surface area contributed by atoms with Gasteiger partial charge in [-0.05, 0) is 43.4 Å². The van der Waals surface area contributed by atoms with Gasteiger partial charge in [-0.1, -0.05) is 25.0 Å². The summed E-state index contributed by atoms with van der Waals surface area (Å²) in [6.45, 7) is 2.38. The maximum absolute atomic E-state index is 9.50. The average molecular weight is 249 g/mol. The summed E-state index contributed by atoms with van der Waals surface area (Å²) in [7, 11) is 0. The molecule has 1 aliphatic rings. The van der Waals surface area contributed by atoms with E-state index in [-0.39, 0.29) is 12.6 Å². The molecule has 3 atom stereocenters. The fraction of sp³-hybridized carbons (Fsp3) is 0.600. The molecule has 3 nitrogen and oxygen atoms in total. The van der Waals surface area contributed by atoms with E-state index in [0.29, 0.717) is 17.7 Å². The van der Waals surface area contributed by atoms with E-state index in [9.17, 15) is 10.2 Å². The monoisotopic (exact) mass is 249 g/mol. The van der Waals surface area contributed by atoms with E-state index in [1.54, 1.807) is 12.1 Å². The molecule has 0 bridgehead atoms. The summed E-state index contributed by atoms with van der Waals surface area (Å²) in [6, 6.07) is 7.97. The Kier molecular flexibility index (Phi) is 4.61. The zero-order valence-electron chi connectivity index (χ0n) is 11.0. The second kappa shape index (κ2) is 6.21. The van der Waals surface area contributed by atoms with Crippen LogP contribution in [0.5, 0.6) is 5.75 Å². The van der Waals surface area contributed by atoms with Gasteiger partial charge in [0.05, 0.1) is 0 Å². The standard InChI is InChI=1S/C15H23NO2/c1-11(12-6-4-7-14(18)9-12)16-15-8-3-2-5-13(15)10-17/h4,6-7,9,11,13,15-18H,2-3,5,8,10H2,1H3. The molecule has 100 valence electrons. The topological polar surface area (TPSA) is 52.5 Å². The van der Waals surface area contributed by atoms with Gasteiger partial charge in [0.25, 0.3) is 0 Å². The van der Waals surface area contributed by atoms with Crippen molar-refractivity contribution in [2.75, 3.05) is 6.61 Å². The van der Waals surface area contributed by atoms with E-state index in [0.717, 1.165) is 18.4 Å². The van der Waals surface area contributed by atoms with Gasteiger partial charge < -0.3 is 15.5 Å². The van der Waals surface area contributed by atoms with E-state index in [1.807, 2.05) is 12.1 Å². The van der Waals surface area contributed by atoms with Crippen LogP contribution in [0.2, 0.25) is 0 Å². The van der Waals surface area contributed by atoms with E-state index in [2.05, 4.69) is 12.2 Å². The highest BCUT2D eigenvalue weighted by atomic mass is 16.3. The minimum absolute atomic E-state index is 0.203. The highest BCUT2D eigenvalue weighted by Crippen LogP contribution is 2.27. The van der Waals surface area contributed by atoms with Crippen molar-refractivity contribution in [3.8, 4) is 5.75 Å². The third-order valence-electron chi connectivity index (χ3n) is 3.98. The molecular weight excluding hydrogens is 226 g/mol. The first-order valence-corrected chi connectivity index (χ1v) is 6.86. The molecule has 2 rings (SSSR count). The van der Waals surface area contributed by atoms with Gasteiger partial charge in [0.1, 0.15) is 5.75 Å². The van der Waals surface area contributed by atoms with Gasteiger partial charge >= 0.3 is 0 Å². The quantitative estimate of drug-likeness (QED) is 0.769. The minimum Gasteiger partial charge on any atom is -0.508 e. The molecule has 1 aromatic carbocycles. The zero-order valence-corrected chi connectivity index (χ0v) is 11.0. The predicted molar refractivity (Wildman–Crippen MR) is 72.5 cm³/mol. The molecule has 0 saturated heterocycles. The number of nitrogens with one attached hydrogen (secondary N) is 1. The largest absolute Gasteiger partial charge is 0.508 e. The normalized spacial score (nSPS) is 25.9. The fourth-order valence-electron chi connectivity index (χ4n) is 2.86. The van der Waals surface area contributed by atoms with E-state index >= 15 is 0 Å². The Morgan fingerprint density at radius 1 is 1.33 bits per heavy atom. The lowest BCUT2D eigenvalue weighted by Crippen LogP contribution is -2.41. The lowest BCUT2D eigenvalue weighted by Gasteiger charge is -2.33. The van der Waals surface area contributed by atoms with Crippen LogP contribution in [-0.2, 0) is 0 Å². The number of aliphatic hydroxyl groups is 1. The smallest absolute Gasteiger partial charge is 0.115 e. The van der Waals surface area contributed by atoms with E-state index < -0.39 is 0 Å². The number of aromatic hydroxyl groups is 1. The van der Waals surface area contributed by atoms with Crippen LogP contribution in [0.3, 0.4) is 0 Å². The summed E-state index contributed by atoms with van der Waals surface area (Å²) >= 11 is 0. The van der Waals surface area contributed by atoms with Crippen molar-refractivity contribution in [1.82, 2.24) is 5.32 Å². The fourth-order valence-corrected chi connectivity index (χ4v) is 2.86. The molecule has 0 aliphatic heterocycles. The molecule has 3 heteroatoms. The molecule has 1 aromatic rings. The number of phenolic OH excluding ortho intramolecular Hbond substituents is 1. The van der Waals surface area contributed by atoms with Gasteiger partial charge in [0, 0.05) is 18.7 Å². The summed E-state index contributed by atoms with van der Waals surface area (Å²) in [6.07, 6.45) is 4.71. The lowest BCUT2D eigenvalue weighted by atomic mass is 9.84. The molecule has 1 aliphatic carbocycles. The van der Waals surface area contributed by atoms with E-state index in [1.165, 1.54) is 12.8 Å². The third kappa shape index (κ3) is 3.24. The minimum atomic E-state index is 0.203. The Hall–Kier alpha value is -1.06. The zero-order chi connectivity index (χ0) is 13.0. The maximum atomic E-state index is 9.50. The third-order valence-corrected chi connectivity index (χ3v) is 3.98. The maximum Gasteiger partial charge on any atom is 0.115 e. The first-order valence-electron chi connectivity index (χ1n) is 6.86. The van der Waals surface area contributed by atoms with Crippen LogP contribution in [0.1, 0.15) is 44.2 Å². The first-order chi connectivity index (χ1) is 8.70. The molecule has 3 N–H and O–H groups in total. The Balaban J connectivity index is 1.99. The summed E-state index contributed by atoms with van der Waals surface area (Å²) in [5, 5.41) is 22.5. The first kappa shape index (κ1) is 13.4. The van der Waals surface area contributed by atoms with Gasteiger partial charge in [0.2, 0.25) is 0 Å². The van der Waals surface area contributed by atoms with Crippen molar-refractivity contribution in [1.29, 1.82) is 0 Å². The number of benzene rings is 1. The predicted octanol–water partition coefficient (Wildman–Crippen LogP) is 2.59. The van der Waals surface area contributed by atoms with Gasteiger partial charge in [-0.15, -0.1) is 0 Å². The van der Waals surface area contributed by atoms with Gasteiger partial charge in [-0.3, -0.25) is 0 Å². The van der Waals surface area contributed by atoms with Gasteiger partial charge in [0.15, 0.2) is 0 Å². The van der Waals surface area contributed by atoms with Crippen LogP contribution in [0.15, 0.2) is 24.3 Å². The summed E-state index contributed by atoms with van der Waals surface area (Å²) < 4.78 is 0. The van der Waals surface area contributed by atoms with Crippen molar-refractivity contribution in [3.05, 3.63) is 29.8 Å². The Bertz CT molecular complexity index is 381. The molecule has 0 aromatic heterocycles. The summed E-state index contributed by atoms with van der Waals surface area (Å²) in [5.41, 5.74) is 1.09. The lowest BCUT2D eigenvalue weighted by molar-refractivity contribution is 0.147. The van der Waals surface area contributed by atoms with Gasteiger partial charge in [-0.2, -0.15) is 0 Å². The second-order valence-corrected chi connectivity index (χ2v) is 5.32. The van der Waals surface area contributed by atoms with Crippen LogP contribution in [0.4, 0.5) is 0 Å². The van der Waals surface area contributed by atoms with Crippen molar-refractivity contribution in [2.45, 2.75) is 44.7 Å². The van der Waals surface area contributed by atoms with Crippen molar-refractivity contribution < 1.29 is 10.2 Å². The highest BCUT2D eigenvalue weighted by molar-refractivity contribution is 5.29. The van der Waals surface area contributed by atoms with E-state index in [4.69, 9.17) is 0 Å². The number of hydrogen-bond acceptors (Lipinski definition) is 3. The molecule has 18 heavy (non-hydrogen) atoms. The molecule has 3 unspecified atom stereocenters. The highest BCUT2D eigenvalue weighted by Gasteiger charge is 2.25. The van der Waals surface area contributed by atoms with Crippen LogP contribution < -0.4 is 5.32 Å². The number of rotatable bonds is 4. The second-order valence-electron chi connectivity index (χ2n) is 5.32. The van der Waals surface area contributed by atoms with Crippen molar-refractivity contribution in [3.63, 3.8) is 0 Å². The molecule has 1 fully saturated rings. The molecule has 0 spiro atoms. The Morgan fingerprint density at radius 3 is 2.83 bits per heavy atom. The van der Waals surface area contributed by atoms with Crippen LogP contribution in [0, 0.1) is 5.92 Å². The molecule has 0 radical (unpaired) electrons. The Labute approximate surface area is 109 Å². The number of hydrogen-bond donors (Lipinski definition) is 3. The SMILES string of the molecule is CC(NC1CCCCC1CO)c1cccc(O)c1. The molecular formula is C15H23NO2. The molecule has 0 amide bonds. The number of aliphatic hydroxyl groups excluding tert-OH is 1.